The van der Waals surface area contributed by atoms with Crippen molar-refractivity contribution in [3.63, 3.8) is 0 Å². The first-order valence-corrected chi connectivity index (χ1v) is 6.22. The molecule has 1 amide bonds. The van der Waals surface area contributed by atoms with Gasteiger partial charge >= 0.3 is 6.09 Å². The highest BCUT2D eigenvalue weighted by Crippen LogP contribution is 2.50. The molecule has 2 aliphatic rings. The summed E-state index contributed by atoms with van der Waals surface area (Å²) in [6.45, 7) is 0.966. The van der Waals surface area contributed by atoms with Gasteiger partial charge in [0.1, 0.15) is 0 Å². The highest BCUT2D eigenvalue weighted by atomic mass is 16.4. The SMILES string of the molecule is O=C(O)N1C[C@@H]2CCC(O)(c3cccnc3)[C@@H]2C1. The molecule has 5 heteroatoms. The maximum Gasteiger partial charge on any atom is 0.407 e. The Morgan fingerprint density at radius 1 is 1.50 bits per heavy atom. The number of carbonyl (C=O) groups is 1. The summed E-state index contributed by atoms with van der Waals surface area (Å²) in [5.41, 5.74) is -0.104. The summed E-state index contributed by atoms with van der Waals surface area (Å²) in [4.78, 5) is 16.5. The lowest BCUT2D eigenvalue weighted by Crippen LogP contribution is -2.36. The molecule has 1 saturated carbocycles. The lowest BCUT2D eigenvalue weighted by Gasteiger charge is -2.30. The quantitative estimate of drug-likeness (QED) is 0.785. The summed E-state index contributed by atoms with van der Waals surface area (Å²) >= 11 is 0. The molecule has 0 bridgehead atoms. The van der Waals surface area contributed by atoms with E-state index in [-0.39, 0.29) is 11.8 Å². The Hall–Kier alpha value is -1.62. The molecule has 1 unspecified atom stereocenters. The standard InChI is InChI=1S/C13H16N2O3/c16-12(17)15-7-9-3-4-13(18,11(9)8-15)10-2-1-5-14-6-10/h1-2,5-6,9,11,18H,3-4,7-8H2,(H,16,17)/t9-,11+,13?/m0/s1. The van der Waals surface area contributed by atoms with Crippen LogP contribution in [-0.4, -0.2) is 39.3 Å². The van der Waals surface area contributed by atoms with E-state index in [2.05, 4.69) is 4.98 Å². The average Bonchev–Trinajstić information content (AvgIpc) is 2.93. The third-order valence-corrected chi connectivity index (χ3v) is 4.38. The van der Waals surface area contributed by atoms with Crippen molar-refractivity contribution in [2.75, 3.05) is 13.1 Å². The van der Waals surface area contributed by atoms with Crippen LogP contribution in [0.3, 0.4) is 0 Å². The summed E-state index contributed by atoms with van der Waals surface area (Å²) in [6.07, 6.45) is 4.04. The number of amides is 1. The highest BCUT2D eigenvalue weighted by molar-refractivity contribution is 5.65. The van der Waals surface area contributed by atoms with Gasteiger partial charge in [0.25, 0.3) is 0 Å². The van der Waals surface area contributed by atoms with E-state index >= 15 is 0 Å². The molecule has 0 spiro atoms. The third kappa shape index (κ3) is 1.58. The molecule has 3 rings (SSSR count). The number of hydrogen-bond donors (Lipinski definition) is 2. The van der Waals surface area contributed by atoms with Gasteiger partial charge in [-0.05, 0) is 24.8 Å². The number of rotatable bonds is 1. The lowest BCUT2D eigenvalue weighted by atomic mass is 9.83. The van der Waals surface area contributed by atoms with Gasteiger partial charge in [-0.1, -0.05) is 6.07 Å². The molecule has 96 valence electrons. The minimum atomic E-state index is -0.914. The van der Waals surface area contributed by atoms with Gasteiger partial charge in [0.15, 0.2) is 0 Å². The minimum Gasteiger partial charge on any atom is -0.465 e. The summed E-state index contributed by atoms with van der Waals surface area (Å²) in [7, 11) is 0. The van der Waals surface area contributed by atoms with Crippen LogP contribution < -0.4 is 0 Å². The van der Waals surface area contributed by atoms with Crippen molar-refractivity contribution in [2.24, 2.45) is 11.8 Å². The Bertz CT molecular complexity index is 465. The molecule has 0 aromatic carbocycles. The summed E-state index contributed by atoms with van der Waals surface area (Å²) in [5, 5.41) is 19.9. The van der Waals surface area contributed by atoms with Gasteiger partial charge in [0.2, 0.25) is 0 Å². The van der Waals surface area contributed by atoms with Crippen LogP contribution in [0, 0.1) is 11.8 Å². The van der Waals surface area contributed by atoms with Gasteiger partial charge in [-0.3, -0.25) is 4.98 Å². The molecule has 1 aromatic rings. The molecular formula is C13H16N2O3. The summed E-state index contributed by atoms with van der Waals surface area (Å²) in [5.74, 6) is 0.268. The van der Waals surface area contributed by atoms with E-state index in [0.29, 0.717) is 19.5 Å². The van der Waals surface area contributed by atoms with Gasteiger partial charge in [0, 0.05) is 37.0 Å². The number of carboxylic acid groups (broad SMARTS) is 1. The van der Waals surface area contributed by atoms with Crippen LogP contribution in [-0.2, 0) is 5.60 Å². The average molecular weight is 248 g/mol. The number of hydrogen-bond acceptors (Lipinski definition) is 3. The topological polar surface area (TPSA) is 73.7 Å². The fraction of sp³-hybridized carbons (Fsp3) is 0.538. The molecule has 5 nitrogen and oxygen atoms in total. The first-order valence-electron chi connectivity index (χ1n) is 6.22. The first kappa shape index (κ1) is 11.5. The summed E-state index contributed by atoms with van der Waals surface area (Å²) < 4.78 is 0. The fourth-order valence-corrected chi connectivity index (χ4v) is 3.43. The molecule has 1 saturated heterocycles. The number of fused-ring (bicyclic) bond motifs is 1. The monoisotopic (exact) mass is 248 g/mol. The van der Waals surface area contributed by atoms with Gasteiger partial charge in [-0.2, -0.15) is 0 Å². The molecule has 1 aliphatic heterocycles. The van der Waals surface area contributed by atoms with Crippen LogP contribution in [0.2, 0.25) is 0 Å². The van der Waals surface area contributed by atoms with Crippen molar-refractivity contribution in [3.8, 4) is 0 Å². The zero-order valence-corrected chi connectivity index (χ0v) is 9.99. The number of nitrogens with zero attached hydrogens (tertiary/aromatic N) is 2. The van der Waals surface area contributed by atoms with E-state index in [0.717, 1.165) is 12.0 Å². The fourth-order valence-electron chi connectivity index (χ4n) is 3.43. The normalized spacial score (nSPS) is 34.6. The van der Waals surface area contributed by atoms with Crippen molar-refractivity contribution >= 4 is 6.09 Å². The second-order valence-electron chi connectivity index (χ2n) is 5.26. The molecule has 18 heavy (non-hydrogen) atoms. The smallest absolute Gasteiger partial charge is 0.407 e. The van der Waals surface area contributed by atoms with E-state index in [1.807, 2.05) is 12.1 Å². The van der Waals surface area contributed by atoms with Crippen LogP contribution in [0.5, 0.6) is 0 Å². The molecule has 2 N–H and O–H groups in total. The molecule has 3 atom stereocenters. The molecular weight excluding hydrogens is 232 g/mol. The van der Waals surface area contributed by atoms with Crippen molar-refractivity contribution in [3.05, 3.63) is 30.1 Å². The first-order chi connectivity index (χ1) is 8.61. The zero-order valence-electron chi connectivity index (χ0n) is 9.99. The highest BCUT2D eigenvalue weighted by Gasteiger charge is 2.53. The Kier molecular flexibility index (Phi) is 2.52. The zero-order chi connectivity index (χ0) is 12.8. The van der Waals surface area contributed by atoms with Crippen LogP contribution >= 0.6 is 0 Å². The Balaban J connectivity index is 1.89. The van der Waals surface area contributed by atoms with Crippen LogP contribution in [0.25, 0.3) is 0 Å². The minimum absolute atomic E-state index is 0.00204. The van der Waals surface area contributed by atoms with Gasteiger partial charge in [-0.25, -0.2) is 4.79 Å². The number of pyridine rings is 1. The van der Waals surface area contributed by atoms with Crippen LogP contribution in [0.1, 0.15) is 18.4 Å². The van der Waals surface area contributed by atoms with Crippen molar-refractivity contribution in [2.45, 2.75) is 18.4 Å². The number of likely N-dealkylation sites (tertiary alicyclic amines) is 1. The second-order valence-corrected chi connectivity index (χ2v) is 5.26. The van der Waals surface area contributed by atoms with Crippen LogP contribution in [0.4, 0.5) is 4.79 Å². The molecule has 2 heterocycles. The lowest BCUT2D eigenvalue weighted by molar-refractivity contribution is -0.00610. The summed E-state index contributed by atoms with van der Waals surface area (Å²) in [6, 6.07) is 3.68. The predicted molar refractivity (Wildman–Crippen MR) is 63.9 cm³/mol. The molecule has 2 fully saturated rings. The van der Waals surface area contributed by atoms with E-state index in [1.165, 1.54) is 4.90 Å². The predicted octanol–water partition coefficient (Wildman–Crippen LogP) is 1.29. The van der Waals surface area contributed by atoms with Crippen molar-refractivity contribution < 1.29 is 15.0 Å². The largest absolute Gasteiger partial charge is 0.465 e. The van der Waals surface area contributed by atoms with E-state index in [4.69, 9.17) is 5.11 Å². The maximum atomic E-state index is 11.0. The van der Waals surface area contributed by atoms with Gasteiger partial charge in [-0.15, -0.1) is 0 Å². The number of aromatic nitrogens is 1. The molecule has 0 radical (unpaired) electrons. The maximum absolute atomic E-state index is 11.0. The van der Waals surface area contributed by atoms with E-state index in [9.17, 15) is 9.90 Å². The molecule has 1 aliphatic carbocycles. The van der Waals surface area contributed by atoms with Crippen molar-refractivity contribution in [1.29, 1.82) is 0 Å². The van der Waals surface area contributed by atoms with Gasteiger partial charge < -0.3 is 15.1 Å². The Morgan fingerprint density at radius 3 is 3.00 bits per heavy atom. The van der Waals surface area contributed by atoms with E-state index in [1.54, 1.807) is 12.4 Å². The third-order valence-electron chi connectivity index (χ3n) is 4.38. The van der Waals surface area contributed by atoms with Crippen molar-refractivity contribution in [1.82, 2.24) is 9.88 Å². The van der Waals surface area contributed by atoms with Crippen LogP contribution in [0.15, 0.2) is 24.5 Å². The van der Waals surface area contributed by atoms with Gasteiger partial charge in [0.05, 0.1) is 5.60 Å². The second kappa shape index (κ2) is 3.95. The van der Waals surface area contributed by atoms with E-state index < -0.39 is 11.7 Å². The Labute approximate surface area is 105 Å². The Morgan fingerprint density at radius 2 is 2.33 bits per heavy atom. The molecule has 1 aromatic heterocycles. The number of aliphatic hydroxyl groups is 1.